The molecule has 0 saturated carbocycles. The number of nitrogens with zero attached hydrogens (tertiary/aromatic N) is 2. The van der Waals surface area contributed by atoms with E-state index >= 15 is 0 Å². The number of H-pyrrole nitrogens is 1. The van der Waals surface area contributed by atoms with E-state index in [2.05, 4.69) is 9.97 Å². The molecule has 30 heavy (non-hydrogen) atoms. The molecule has 1 aliphatic rings. The minimum atomic E-state index is -0.514. The van der Waals surface area contributed by atoms with Crippen molar-refractivity contribution in [3.05, 3.63) is 92.4 Å². The number of hydrogen-bond donors (Lipinski definition) is 1. The molecule has 9 heteroatoms. The topological polar surface area (TPSA) is 132 Å². The van der Waals surface area contributed by atoms with Crippen LogP contribution < -0.4 is 0 Å². The van der Waals surface area contributed by atoms with E-state index in [0.717, 1.165) is 0 Å². The minimum Gasteiger partial charge on any atom is -0.462 e. The van der Waals surface area contributed by atoms with Crippen LogP contribution in [0.1, 0.15) is 54.9 Å². The van der Waals surface area contributed by atoms with E-state index in [0.29, 0.717) is 22.5 Å². The van der Waals surface area contributed by atoms with Gasteiger partial charge in [-0.1, -0.05) is 24.3 Å². The fraction of sp³-hybridized carbons (Fsp3) is 0.143. The van der Waals surface area contributed by atoms with Gasteiger partial charge in [0.15, 0.2) is 17.4 Å². The van der Waals surface area contributed by atoms with Crippen LogP contribution in [0, 0.1) is 17.0 Å². The van der Waals surface area contributed by atoms with Gasteiger partial charge in [-0.2, -0.15) is 0 Å². The second-order valence-corrected chi connectivity index (χ2v) is 6.30. The second kappa shape index (κ2) is 8.48. The van der Waals surface area contributed by atoms with E-state index in [1.807, 2.05) is 0 Å². The molecule has 152 valence electrons. The Bertz CT molecular complexity index is 1170. The van der Waals surface area contributed by atoms with Gasteiger partial charge in [0.1, 0.15) is 6.20 Å². The summed E-state index contributed by atoms with van der Waals surface area (Å²) in [6.45, 7) is 3.62. The number of carbonyl (C=O) groups excluding carboxylic acids is 3. The van der Waals surface area contributed by atoms with Crippen molar-refractivity contribution in [1.29, 1.82) is 0 Å². The molecule has 0 spiro atoms. The van der Waals surface area contributed by atoms with Gasteiger partial charge in [-0.15, -0.1) is 0 Å². The van der Waals surface area contributed by atoms with E-state index < -0.39 is 10.9 Å². The first-order chi connectivity index (χ1) is 14.3. The number of imidazole rings is 1. The van der Waals surface area contributed by atoms with E-state index in [1.165, 1.54) is 24.4 Å². The molecule has 1 N–H and O–H groups in total. The van der Waals surface area contributed by atoms with Crippen molar-refractivity contribution in [2.75, 3.05) is 6.61 Å². The fourth-order valence-corrected chi connectivity index (χ4v) is 2.94. The first-order valence-electron chi connectivity index (χ1n) is 8.99. The number of esters is 1. The molecule has 0 fully saturated rings. The monoisotopic (exact) mass is 407 g/mol. The molecule has 1 heterocycles. The lowest BCUT2D eigenvalue weighted by Crippen LogP contribution is -2.21. The van der Waals surface area contributed by atoms with Crippen LogP contribution in [0.25, 0.3) is 0 Å². The van der Waals surface area contributed by atoms with Crippen molar-refractivity contribution in [3.63, 3.8) is 0 Å². The number of hydrogen-bond acceptors (Lipinski definition) is 7. The average Bonchev–Trinajstić information content (AvgIpc) is 3.19. The highest BCUT2D eigenvalue weighted by atomic mass is 16.6. The summed E-state index contributed by atoms with van der Waals surface area (Å²) in [5.41, 5.74) is 1.63. The quantitative estimate of drug-likeness (QED) is 0.313. The molecule has 1 aliphatic carbocycles. The molecule has 9 nitrogen and oxygen atoms in total. The third-order valence-corrected chi connectivity index (χ3v) is 4.32. The van der Waals surface area contributed by atoms with Gasteiger partial charge in [-0.3, -0.25) is 9.59 Å². The van der Waals surface area contributed by atoms with Gasteiger partial charge in [0.05, 0.1) is 12.2 Å². The highest BCUT2D eigenvalue weighted by molar-refractivity contribution is 6.28. The lowest BCUT2D eigenvalue weighted by atomic mass is 9.83. The maximum Gasteiger partial charge on any atom is 0.340 e. The third kappa shape index (κ3) is 4.00. The van der Waals surface area contributed by atoms with Crippen molar-refractivity contribution in [3.8, 4) is 0 Å². The van der Waals surface area contributed by atoms with Crippen LogP contribution in [0.2, 0.25) is 0 Å². The molecular formula is C21H17N3O6. The van der Waals surface area contributed by atoms with Gasteiger partial charge in [0.2, 0.25) is 0 Å². The zero-order chi connectivity index (χ0) is 21.8. The zero-order valence-corrected chi connectivity index (χ0v) is 16.2. The summed E-state index contributed by atoms with van der Waals surface area (Å²) in [4.78, 5) is 52.2. The Morgan fingerprint density at radius 3 is 2.17 bits per heavy atom. The number of carbonyl (C=O) groups is 3. The molecule has 0 unspecified atom stereocenters. The number of aromatic nitrogens is 2. The maximum absolute atomic E-state index is 12.5. The lowest BCUT2D eigenvalue weighted by molar-refractivity contribution is -0.389. The molecule has 2 aromatic carbocycles. The molecule has 0 radical (unpaired) electrons. The molecule has 0 saturated heterocycles. The predicted octanol–water partition coefficient (Wildman–Crippen LogP) is 3.27. The molecule has 0 bridgehead atoms. The Hall–Kier alpha value is -4.14. The van der Waals surface area contributed by atoms with Crippen LogP contribution >= 0.6 is 0 Å². The molecule has 0 aliphatic heterocycles. The normalized spacial score (nSPS) is 11.7. The zero-order valence-electron chi connectivity index (χ0n) is 16.2. The van der Waals surface area contributed by atoms with Gasteiger partial charge >= 0.3 is 11.8 Å². The van der Waals surface area contributed by atoms with Gasteiger partial charge in [0, 0.05) is 29.2 Å². The fourth-order valence-electron chi connectivity index (χ4n) is 2.94. The maximum atomic E-state index is 12.5. The van der Waals surface area contributed by atoms with Crippen LogP contribution in [-0.4, -0.2) is 39.0 Å². The Morgan fingerprint density at radius 2 is 1.67 bits per heavy atom. The summed E-state index contributed by atoms with van der Waals surface area (Å²) in [6, 6.07) is 11.1. The number of benzene rings is 2. The Morgan fingerprint density at radius 1 is 1.07 bits per heavy atom. The molecule has 4 rings (SSSR count). The summed E-state index contributed by atoms with van der Waals surface area (Å²) in [5, 5.41) is 9.95. The first kappa shape index (κ1) is 20.6. The van der Waals surface area contributed by atoms with Crippen molar-refractivity contribution < 1.29 is 24.0 Å². The number of nitrogens with one attached hydrogen (secondary N) is 1. The van der Waals surface area contributed by atoms with Gasteiger partial charge < -0.3 is 14.9 Å². The smallest absolute Gasteiger partial charge is 0.340 e. The van der Waals surface area contributed by atoms with Crippen LogP contribution in [-0.2, 0) is 4.74 Å². The number of fused-ring (bicyclic) bond motifs is 2. The largest absolute Gasteiger partial charge is 0.462 e. The number of aromatic amines is 1. The molecule has 3 aromatic rings. The summed E-state index contributed by atoms with van der Waals surface area (Å²) in [6.07, 6.45) is 1.19. The van der Waals surface area contributed by atoms with Crippen molar-refractivity contribution in [1.82, 2.24) is 9.97 Å². The average molecular weight is 407 g/mol. The summed E-state index contributed by atoms with van der Waals surface area (Å²) >= 11 is 0. The van der Waals surface area contributed by atoms with Crippen molar-refractivity contribution in [2.24, 2.45) is 0 Å². The SMILES string of the molecule is CCOC(=O)c1ccc2c(c1)C(=O)c1ccccc1C2=O.Cc1ncc([N+](=O)[O-])[nH]1. The van der Waals surface area contributed by atoms with E-state index in [4.69, 9.17) is 4.74 Å². The Labute approximate surface area is 170 Å². The van der Waals surface area contributed by atoms with Crippen molar-refractivity contribution in [2.45, 2.75) is 13.8 Å². The van der Waals surface area contributed by atoms with Crippen LogP contribution in [0.15, 0.2) is 48.7 Å². The first-order valence-corrected chi connectivity index (χ1v) is 8.99. The third-order valence-electron chi connectivity index (χ3n) is 4.32. The van der Waals surface area contributed by atoms with Crippen molar-refractivity contribution >= 4 is 23.4 Å². The van der Waals surface area contributed by atoms with E-state index in [-0.39, 0.29) is 35.1 Å². The van der Waals surface area contributed by atoms with E-state index in [1.54, 1.807) is 38.1 Å². The van der Waals surface area contributed by atoms with Gasteiger partial charge in [-0.25, -0.2) is 14.8 Å². The second-order valence-electron chi connectivity index (χ2n) is 6.30. The van der Waals surface area contributed by atoms with Crippen LogP contribution in [0.5, 0.6) is 0 Å². The van der Waals surface area contributed by atoms with Crippen LogP contribution in [0.4, 0.5) is 5.82 Å². The van der Waals surface area contributed by atoms with Gasteiger partial charge in [0.25, 0.3) is 0 Å². The Kier molecular flexibility index (Phi) is 5.82. The highest BCUT2D eigenvalue weighted by Crippen LogP contribution is 2.28. The number of ketones is 2. The highest BCUT2D eigenvalue weighted by Gasteiger charge is 2.30. The summed E-state index contributed by atoms with van der Waals surface area (Å²) in [5.74, 6) is -0.449. The Balaban J connectivity index is 0.000000239. The predicted molar refractivity (Wildman–Crippen MR) is 106 cm³/mol. The standard InChI is InChI=1S/C17H12O4.C4H5N3O2/c1-2-21-17(20)10-7-8-13-14(9-10)16(19)12-6-4-3-5-11(12)15(13)18;1-3-5-2-4(6-3)7(8)9/h3-9H,2H2,1H3;2H,1H3,(H,5,6). The minimum absolute atomic E-state index is 0.0625. The summed E-state index contributed by atoms with van der Waals surface area (Å²) in [7, 11) is 0. The molecule has 1 aromatic heterocycles. The molecule has 0 atom stereocenters. The number of rotatable bonds is 3. The molecule has 0 amide bonds. The summed E-state index contributed by atoms with van der Waals surface area (Å²) < 4.78 is 4.92. The lowest BCUT2D eigenvalue weighted by Gasteiger charge is -2.17. The van der Waals surface area contributed by atoms with Gasteiger partial charge in [-0.05, 0) is 30.0 Å². The van der Waals surface area contributed by atoms with E-state index in [9.17, 15) is 24.5 Å². The number of ether oxygens (including phenoxy) is 1. The molecular weight excluding hydrogens is 390 g/mol. The number of nitro groups is 1. The number of aryl methyl sites for hydroxylation is 1. The van der Waals surface area contributed by atoms with Crippen LogP contribution in [0.3, 0.4) is 0 Å².